The number of hydrogen-bond donors (Lipinski definition) is 2. The van der Waals surface area contributed by atoms with Crippen molar-refractivity contribution in [3.63, 3.8) is 0 Å². The first-order chi connectivity index (χ1) is 9.89. The molecule has 0 atom stereocenters. The summed E-state index contributed by atoms with van der Waals surface area (Å²) in [6, 6.07) is 9.53. The molecule has 2 aromatic rings. The largest absolute Gasteiger partial charge is 0.478 e. The van der Waals surface area contributed by atoms with E-state index in [0.29, 0.717) is 6.07 Å². The van der Waals surface area contributed by atoms with Gasteiger partial charge in [-0.25, -0.2) is 9.78 Å². The van der Waals surface area contributed by atoms with E-state index in [1.165, 1.54) is 0 Å². The van der Waals surface area contributed by atoms with Crippen LogP contribution in [0.15, 0.2) is 42.6 Å². The van der Waals surface area contributed by atoms with Gasteiger partial charge in [-0.3, -0.25) is 0 Å². The predicted octanol–water partition coefficient (Wildman–Crippen LogP) is 3.41. The minimum atomic E-state index is -4.75. The van der Waals surface area contributed by atoms with E-state index in [0.717, 1.165) is 11.8 Å². The number of carboxylic acid groups (broad SMARTS) is 1. The molecule has 21 heavy (non-hydrogen) atoms. The SMILES string of the molecule is O=C(O)c1c(C(F)(F)F)ccnc1NCc1ccccc1. The van der Waals surface area contributed by atoms with Gasteiger partial charge in [-0.05, 0) is 11.6 Å². The van der Waals surface area contributed by atoms with E-state index in [2.05, 4.69) is 10.3 Å². The Balaban J connectivity index is 2.33. The van der Waals surface area contributed by atoms with Crippen molar-refractivity contribution in [1.29, 1.82) is 0 Å². The molecule has 0 amide bonds. The molecule has 0 unspecified atom stereocenters. The van der Waals surface area contributed by atoms with Crippen LogP contribution in [0.3, 0.4) is 0 Å². The number of hydrogen-bond acceptors (Lipinski definition) is 3. The number of anilines is 1. The normalized spacial score (nSPS) is 11.2. The number of aromatic carboxylic acids is 1. The maximum absolute atomic E-state index is 12.8. The zero-order valence-electron chi connectivity index (χ0n) is 10.7. The number of alkyl halides is 3. The van der Waals surface area contributed by atoms with Gasteiger partial charge in [-0.1, -0.05) is 30.3 Å². The van der Waals surface area contributed by atoms with Gasteiger partial charge in [0.2, 0.25) is 0 Å². The van der Waals surface area contributed by atoms with Crippen LogP contribution in [-0.2, 0) is 12.7 Å². The third-order valence-electron chi connectivity index (χ3n) is 2.77. The number of benzene rings is 1. The van der Waals surface area contributed by atoms with Crippen LogP contribution in [0, 0.1) is 0 Å². The molecule has 110 valence electrons. The summed E-state index contributed by atoms with van der Waals surface area (Å²) in [6.07, 6.45) is -3.82. The molecule has 7 heteroatoms. The van der Waals surface area contributed by atoms with E-state index in [1.807, 2.05) is 0 Å². The molecule has 0 saturated heterocycles. The molecule has 0 saturated carbocycles. The van der Waals surface area contributed by atoms with E-state index in [9.17, 15) is 18.0 Å². The third kappa shape index (κ3) is 3.50. The molecule has 2 N–H and O–H groups in total. The molecule has 4 nitrogen and oxygen atoms in total. The minimum Gasteiger partial charge on any atom is -0.478 e. The first-order valence-electron chi connectivity index (χ1n) is 5.97. The molecule has 0 fully saturated rings. The van der Waals surface area contributed by atoms with E-state index in [-0.39, 0.29) is 12.4 Å². The molecule has 0 aliphatic heterocycles. The summed E-state index contributed by atoms with van der Waals surface area (Å²) in [6.45, 7) is 0.176. The number of carbonyl (C=O) groups is 1. The monoisotopic (exact) mass is 296 g/mol. The van der Waals surface area contributed by atoms with Crippen molar-refractivity contribution in [2.24, 2.45) is 0 Å². The zero-order valence-corrected chi connectivity index (χ0v) is 10.7. The van der Waals surface area contributed by atoms with Crippen LogP contribution in [0.4, 0.5) is 19.0 Å². The Morgan fingerprint density at radius 1 is 1.19 bits per heavy atom. The van der Waals surface area contributed by atoms with Gasteiger partial charge in [0.05, 0.1) is 5.56 Å². The minimum absolute atomic E-state index is 0.176. The van der Waals surface area contributed by atoms with Gasteiger partial charge in [0.15, 0.2) is 0 Å². The molecule has 0 aliphatic rings. The Labute approximate surface area is 118 Å². The van der Waals surface area contributed by atoms with Crippen molar-refractivity contribution in [3.8, 4) is 0 Å². The van der Waals surface area contributed by atoms with Gasteiger partial charge >= 0.3 is 12.1 Å². The molecule has 0 radical (unpaired) electrons. The first-order valence-corrected chi connectivity index (χ1v) is 5.97. The summed E-state index contributed by atoms with van der Waals surface area (Å²) in [5.74, 6) is -1.98. The molecule has 0 aliphatic carbocycles. The maximum atomic E-state index is 12.8. The highest BCUT2D eigenvalue weighted by molar-refractivity contribution is 5.95. The standard InChI is InChI=1S/C14H11F3N2O2/c15-14(16,17)10-6-7-18-12(11(10)13(20)21)19-8-9-4-2-1-3-5-9/h1-7H,8H2,(H,18,19)(H,20,21). The number of rotatable bonds is 4. The number of carboxylic acids is 1. The van der Waals surface area contributed by atoms with Crippen molar-refractivity contribution in [1.82, 2.24) is 4.98 Å². The van der Waals surface area contributed by atoms with Gasteiger partial charge in [0, 0.05) is 12.7 Å². The smallest absolute Gasteiger partial charge is 0.417 e. The lowest BCUT2D eigenvalue weighted by atomic mass is 10.1. The molecule has 1 aromatic heterocycles. The summed E-state index contributed by atoms with van der Waals surface area (Å²) >= 11 is 0. The van der Waals surface area contributed by atoms with Crippen molar-refractivity contribution >= 4 is 11.8 Å². The fourth-order valence-corrected chi connectivity index (χ4v) is 1.83. The highest BCUT2D eigenvalue weighted by Crippen LogP contribution is 2.34. The average molecular weight is 296 g/mol. The van der Waals surface area contributed by atoms with Crippen molar-refractivity contribution in [3.05, 3.63) is 59.3 Å². The summed E-state index contributed by atoms with van der Waals surface area (Å²) in [5.41, 5.74) is -1.30. The summed E-state index contributed by atoms with van der Waals surface area (Å²) in [4.78, 5) is 14.8. The Hall–Kier alpha value is -2.57. The topological polar surface area (TPSA) is 62.2 Å². The second-order valence-electron chi connectivity index (χ2n) is 4.22. The number of halogens is 3. The van der Waals surface area contributed by atoms with Crippen LogP contribution in [0.5, 0.6) is 0 Å². The predicted molar refractivity (Wildman–Crippen MR) is 70.0 cm³/mol. The first kappa shape index (κ1) is 14.8. The second-order valence-corrected chi connectivity index (χ2v) is 4.22. The number of aromatic nitrogens is 1. The van der Waals surface area contributed by atoms with Crippen LogP contribution < -0.4 is 5.32 Å². The molecule has 1 heterocycles. The lowest BCUT2D eigenvalue weighted by Crippen LogP contribution is -2.17. The highest BCUT2D eigenvalue weighted by Gasteiger charge is 2.37. The quantitative estimate of drug-likeness (QED) is 0.907. The van der Waals surface area contributed by atoms with E-state index < -0.39 is 23.3 Å². The van der Waals surface area contributed by atoms with Crippen molar-refractivity contribution in [2.45, 2.75) is 12.7 Å². The van der Waals surface area contributed by atoms with Crippen LogP contribution >= 0.6 is 0 Å². The van der Waals surface area contributed by atoms with Gasteiger partial charge in [0.1, 0.15) is 11.4 Å². The fourth-order valence-electron chi connectivity index (χ4n) is 1.83. The molecule has 0 bridgehead atoms. The number of pyridine rings is 1. The van der Waals surface area contributed by atoms with Crippen molar-refractivity contribution in [2.75, 3.05) is 5.32 Å². The fraction of sp³-hybridized carbons (Fsp3) is 0.143. The molecule has 2 rings (SSSR count). The van der Waals surface area contributed by atoms with Gasteiger partial charge < -0.3 is 10.4 Å². The molecular formula is C14H11F3N2O2. The Kier molecular flexibility index (Phi) is 4.11. The lowest BCUT2D eigenvalue weighted by molar-refractivity contribution is -0.138. The van der Waals surface area contributed by atoms with Gasteiger partial charge in [-0.2, -0.15) is 13.2 Å². The van der Waals surface area contributed by atoms with Gasteiger partial charge in [0.25, 0.3) is 0 Å². The lowest BCUT2D eigenvalue weighted by Gasteiger charge is -2.14. The third-order valence-corrected chi connectivity index (χ3v) is 2.77. The van der Waals surface area contributed by atoms with Crippen LogP contribution in [0.1, 0.15) is 21.5 Å². The molecule has 1 aromatic carbocycles. The Morgan fingerprint density at radius 2 is 1.86 bits per heavy atom. The van der Waals surface area contributed by atoms with Crippen molar-refractivity contribution < 1.29 is 23.1 Å². The van der Waals surface area contributed by atoms with Gasteiger partial charge in [-0.15, -0.1) is 0 Å². The molecule has 0 spiro atoms. The summed E-state index contributed by atoms with van der Waals surface area (Å²) in [5, 5.41) is 11.7. The maximum Gasteiger partial charge on any atom is 0.417 e. The van der Waals surface area contributed by atoms with Crippen LogP contribution in [0.2, 0.25) is 0 Å². The summed E-state index contributed by atoms with van der Waals surface area (Å²) < 4.78 is 38.5. The Bertz CT molecular complexity index is 642. The molecular weight excluding hydrogens is 285 g/mol. The summed E-state index contributed by atoms with van der Waals surface area (Å²) in [7, 11) is 0. The Morgan fingerprint density at radius 3 is 2.43 bits per heavy atom. The van der Waals surface area contributed by atoms with E-state index in [1.54, 1.807) is 30.3 Å². The number of nitrogens with zero attached hydrogens (tertiary/aromatic N) is 1. The van der Waals surface area contributed by atoms with E-state index in [4.69, 9.17) is 5.11 Å². The van der Waals surface area contributed by atoms with E-state index >= 15 is 0 Å². The van der Waals surface area contributed by atoms with Crippen LogP contribution in [0.25, 0.3) is 0 Å². The zero-order chi connectivity index (χ0) is 15.5. The second kappa shape index (κ2) is 5.82. The highest BCUT2D eigenvalue weighted by atomic mass is 19.4. The number of nitrogens with one attached hydrogen (secondary N) is 1. The average Bonchev–Trinajstić information content (AvgIpc) is 2.44. The van der Waals surface area contributed by atoms with Crippen LogP contribution in [-0.4, -0.2) is 16.1 Å².